The number of likely N-dealkylation sites (tertiary alicyclic amines) is 2. The molecule has 1 atom stereocenters. The number of methoxy groups -OCH3 is 1. The number of amides is 3. The zero-order chi connectivity index (χ0) is 21.3. The van der Waals surface area contributed by atoms with Crippen LogP contribution in [-0.2, 0) is 14.4 Å². The molecule has 1 unspecified atom stereocenters. The number of nitrogens with zero attached hydrogens (tertiary/aromatic N) is 3. The molecule has 1 aromatic carbocycles. The third kappa shape index (κ3) is 3.48. The lowest BCUT2D eigenvalue weighted by molar-refractivity contribution is -0.136. The number of imide groups is 1. The summed E-state index contributed by atoms with van der Waals surface area (Å²) in [6.45, 7) is 2.93. The van der Waals surface area contributed by atoms with Gasteiger partial charge in [-0.15, -0.1) is 0 Å². The fourth-order valence-electron chi connectivity index (χ4n) is 5.21. The van der Waals surface area contributed by atoms with Gasteiger partial charge in [0.25, 0.3) is 5.91 Å². The number of para-hydroxylation sites is 2. The molecule has 8 nitrogen and oxygen atoms in total. The highest BCUT2D eigenvalue weighted by molar-refractivity contribution is 6.23. The fourth-order valence-corrected chi connectivity index (χ4v) is 5.21. The highest BCUT2D eigenvalue weighted by Crippen LogP contribution is 2.36. The SMILES string of the molecule is COc1ccccc1N1C(=O)CC(N2CCC(C(N)=O)(N3CCCCC3)CC2)C1=O. The van der Waals surface area contributed by atoms with E-state index in [9.17, 15) is 14.4 Å². The van der Waals surface area contributed by atoms with E-state index in [1.165, 1.54) is 18.4 Å². The summed E-state index contributed by atoms with van der Waals surface area (Å²) in [5, 5.41) is 0. The van der Waals surface area contributed by atoms with E-state index >= 15 is 0 Å². The maximum Gasteiger partial charge on any atom is 0.251 e. The van der Waals surface area contributed by atoms with Gasteiger partial charge in [0, 0.05) is 13.1 Å². The number of hydrogen-bond donors (Lipinski definition) is 1. The van der Waals surface area contributed by atoms with Gasteiger partial charge in [0.15, 0.2) is 0 Å². The van der Waals surface area contributed by atoms with Gasteiger partial charge in [0.05, 0.1) is 25.3 Å². The summed E-state index contributed by atoms with van der Waals surface area (Å²) >= 11 is 0. The predicted octanol–water partition coefficient (Wildman–Crippen LogP) is 1.13. The first-order valence-electron chi connectivity index (χ1n) is 10.8. The van der Waals surface area contributed by atoms with Gasteiger partial charge in [0.2, 0.25) is 11.8 Å². The quantitative estimate of drug-likeness (QED) is 0.726. The lowest BCUT2D eigenvalue weighted by Crippen LogP contribution is -2.64. The number of piperidine rings is 2. The Bertz CT molecular complexity index is 828. The van der Waals surface area contributed by atoms with Crippen LogP contribution in [-0.4, -0.2) is 72.4 Å². The van der Waals surface area contributed by atoms with E-state index in [2.05, 4.69) is 4.90 Å². The van der Waals surface area contributed by atoms with Crippen molar-refractivity contribution in [3.8, 4) is 5.75 Å². The number of carbonyl (C=O) groups excluding carboxylic acids is 3. The van der Waals surface area contributed by atoms with Crippen molar-refractivity contribution in [2.75, 3.05) is 38.2 Å². The van der Waals surface area contributed by atoms with Crippen molar-refractivity contribution in [2.24, 2.45) is 5.73 Å². The van der Waals surface area contributed by atoms with E-state index in [0.717, 1.165) is 25.9 Å². The van der Waals surface area contributed by atoms with Crippen LogP contribution in [0.4, 0.5) is 5.69 Å². The van der Waals surface area contributed by atoms with Gasteiger partial charge in [-0.2, -0.15) is 0 Å². The summed E-state index contributed by atoms with van der Waals surface area (Å²) in [6.07, 6.45) is 4.69. The minimum Gasteiger partial charge on any atom is -0.495 e. The molecule has 0 radical (unpaired) electrons. The summed E-state index contributed by atoms with van der Waals surface area (Å²) < 4.78 is 5.34. The Morgan fingerprint density at radius 2 is 1.73 bits per heavy atom. The van der Waals surface area contributed by atoms with E-state index in [0.29, 0.717) is 37.4 Å². The molecule has 0 aromatic heterocycles. The van der Waals surface area contributed by atoms with E-state index in [1.54, 1.807) is 24.3 Å². The van der Waals surface area contributed by atoms with Gasteiger partial charge in [-0.3, -0.25) is 24.2 Å². The molecule has 162 valence electrons. The van der Waals surface area contributed by atoms with E-state index < -0.39 is 11.6 Å². The Morgan fingerprint density at radius 1 is 1.07 bits per heavy atom. The van der Waals surface area contributed by atoms with Crippen LogP contribution in [0.25, 0.3) is 0 Å². The highest BCUT2D eigenvalue weighted by atomic mass is 16.5. The van der Waals surface area contributed by atoms with Crippen molar-refractivity contribution >= 4 is 23.4 Å². The summed E-state index contributed by atoms with van der Waals surface area (Å²) in [5.74, 6) is -0.226. The second-order valence-electron chi connectivity index (χ2n) is 8.44. The molecule has 0 saturated carbocycles. The average molecular weight is 415 g/mol. The van der Waals surface area contributed by atoms with Crippen molar-refractivity contribution in [2.45, 2.75) is 50.1 Å². The largest absolute Gasteiger partial charge is 0.495 e. The molecule has 3 aliphatic heterocycles. The van der Waals surface area contributed by atoms with Crippen LogP contribution in [0.2, 0.25) is 0 Å². The van der Waals surface area contributed by atoms with Gasteiger partial charge >= 0.3 is 0 Å². The van der Waals surface area contributed by atoms with Crippen LogP contribution >= 0.6 is 0 Å². The molecule has 3 fully saturated rings. The number of carbonyl (C=O) groups is 3. The monoisotopic (exact) mass is 414 g/mol. The Hall–Kier alpha value is -2.45. The van der Waals surface area contributed by atoms with Crippen LogP contribution in [0.3, 0.4) is 0 Å². The number of benzene rings is 1. The number of ether oxygens (including phenoxy) is 1. The maximum absolute atomic E-state index is 13.2. The van der Waals surface area contributed by atoms with Crippen molar-refractivity contribution in [1.29, 1.82) is 0 Å². The van der Waals surface area contributed by atoms with Crippen LogP contribution in [0.1, 0.15) is 38.5 Å². The van der Waals surface area contributed by atoms with Gasteiger partial charge in [-0.1, -0.05) is 18.6 Å². The Morgan fingerprint density at radius 3 is 2.37 bits per heavy atom. The van der Waals surface area contributed by atoms with Crippen molar-refractivity contribution < 1.29 is 19.1 Å². The fraction of sp³-hybridized carbons (Fsp3) is 0.591. The molecule has 2 N–H and O–H groups in total. The number of primary amides is 1. The summed E-state index contributed by atoms with van der Waals surface area (Å²) in [6, 6.07) is 6.55. The number of rotatable bonds is 5. The first-order valence-corrected chi connectivity index (χ1v) is 10.8. The third-order valence-corrected chi connectivity index (χ3v) is 6.93. The van der Waals surface area contributed by atoms with Crippen molar-refractivity contribution in [1.82, 2.24) is 9.80 Å². The second-order valence-corrected chi connectivity index (χ2v) is 8.44. The van der Waals surface area contributed by atoms with Gasteiger partial charge in [-0.25, -0.2) is 4.90 Å². The highest BCUT2D eigenvalue weighted by Gasteiger charge is 2.49. The van der Waals surface area contributed by atoms with Gasteiger partial charge in [0.1, 0.15) is 11.3 Å². The van der Waals surface area contributed by atoms with Crippen molar-refractivity contribution in [3.63, 3.8) is 0 Å². The lowest BCUT2D eigenvalue weighted by Gasteiger charge is -2.48. The molecular weight excluding hydrogens is 384 g/mol. The summed E-state index contributed by atoms with van der Waals surface area (Å²) in [7, 11) is 1.52. The second kappa shape index (κ2) is 8.35. The van der Waals surface area contributed by atoms with Gasteiger partial charge < -0.3 is 10.5 Å². The maximum atomic E-state index is 13.2. The molecule has 3 saturated heterocycles. The molecule has 0 spiro atoms. The smallest absolute Gasteiger partial charge is 0.251 e. The zero-order valence-corrected chi connectivity index (χ0v) is 17.5. The summed E-state index contributed by atoms with van der Waals surface area (Å²) in [4.78, 5) is 43.9. The molecule has 8 heteroatoms. The molecule has 30 heavy (non-hydrogen) atoms. The molecule has 3 heterocycles. The van der Waals surface area contributed by atoms with Crippen LogP contribution in [0, 0.1) is 0 Å². The molecule has 4 rings (SSSR count). The summed E-state index contributed by atoms with van der Waals surface area (Å²) in [5.41, 5.74) is 5.72. The number of hydrogen-bond acceptors (Lipinski definition) is 6. The zero-order valence-electron chi connectivity index (χ0n) is 17.5. The Kier molecular flexibility index (Phi) is 5.79. The molecule has 0 aliphatic carbocycles. The average Bonchev–Trinajstić information content (AvgIpc) is 3.08. The Balaban J connectivity index is 1.49. The minimum atomic E-state index is -0.634. The lowest BCUT2D eigenvalue weighted by atomic mass is 9.83. The van der Waals surface area contributed by atoms with E-state index in [-0.39, 0.29) is 24.1 Å². The first-order chi connectivity index (χ1) is 14.5. The van der Waals surface area contributed by atoms with Crippen LogP contribution in [0.15, 0.2) is 24.3 Å². The normalized spacial score (nSPS) is 25.5. The van der Waals surface area contributed by atoms with Crippen LogP contribution < -0.4 is 15.4 Å². The van der Waals surface area contributed by atoms with Gasteiger partial charge in [-0.05, 0) is 50.9 Å². The molecular formula is C22H30N4O4. The Labute approximate surface area is 176 Å². The van der Waals surface area contributed by atoms with Crippen LogP contribution in [0.5, 0.6) is 5.75 Å². The van der Waals surface area contributed by atoms with Crippen molar-refractivity contribution in [3.05, 3.63) is 24.3 Å². The first kappa shape index (κ1) is 20.8. The van der Waals surface area contributed by atoms with E-state index in [1.807, 2.05) is 4.90 Å². The number of anilines is 1. The molecule has 0 bridgehead atoms. The molecule has 1 aromatic rings. The number of nitrogens with two attached hydrogens (primary N) is 1. The standard InChI is InChI=1S/C22H30N4O4/c1-30-18-8-4-3-7-16(18)26-19(27)15-17(20(26)28)24-13-9-22(10-14-24,21(23)29)25-11-5-2-6-12-25/h3-4,7-8,17H,2,5-6,9-15H2,1H3,(H2,23,29). The minimum absolute atomic E-state index is 0.143. The molecule has 3 aliphatic rings. The third-order valence-electron chi connectivity index (χ3n) is 6.93. The predicted molar refractivity (Wildman–Crippen MR) is 112 cm³/mol. The van der Waals surface area contributed by atoms with E-state index in [4.69, 9.17) is 10.5 Å². The topological polar surface area (TPSA) is 96.2 Å². The molecule has 3 amide bonds.